The summed E-state index contributed by atoms with van der Waals surface area (Å²) in [5.74, 6) is -0.635. The zero-order chi connectivity index (χ0) is 37.8. The van der Waals surface area contributed by atoms with E-state index < -0.39 is 29.2 Å². The Morgan fingerprint density at radius 3 is 2.33 bits per heavy atom. The van der Waals surface area contributed by atoms with Gasteiger partial charge in [0.05, 0.1) is 7.11 Å². The van der Waals surface area contributed by atoms with Crippen LogP contribution in [-0.2, 0) is 19.1 Å². The van der Waals surface area contributed by atoms with Gasteiger partial charge in [0.1, 0.15) is 11.6 Å². The van der Waals surface area contributed by atoms with Crippen LogP contribution in [0.3, 0.4) is 0 Å². The predicted octanol–water partition coefficient (Wildman–Crippen LogP) is 7.90. The van der Waals surface area contributed by atoms with Gasteiger partial charge in [-0.1, -0.05) is 45.4 Å². The molecular formula is C41H61N3O7. The lowest BCUT2D eigenvalue weighted by Crippen LogP contribution is -2.65. The lowest BCUT2D eigenvalue weighted by atomic mass is 9.35. The number of carbonyl (C=O) groups excluding carboxylic acids is 4. The van der Waals surface area contributed by atoms with Crippen molar-refractivity contribution in [2.45, 2.75) is 144 Å². The van der Waals surface area contributed by atoms with E-state index in [0.717, 1.165) is 56.1 Å². The molecule has 0 aliphatic heterocycles. The summed E-state index contributed by atoms with van der Waals surface area (Å²) in [6, 6.07) is -1.19. The monoisotopic (exact) mass is 707 g/mol. The molecule has 3 fully saturated rings. The third kappa shape index (κ3) is 7.00. The van der Waals surface area contributed by atoms with E-state index in [1.165, 1.54) is 12.7 Å². The van der Waals surface area contributed by atoms with Crippen molar-refractivity contribution in [3.8, 4) is 0 Å². The van der Waals surface area contributed by atoms with E-state index in [4.69, 9.17) is 9.47 Å². The first-order chi connectivity index (χ1) is 23.6. The van der Waals surface area contributed by atoms with Crippen molar-refractivity contribution in [1.82, 2.24) is 16.0 Å². The number of amides is 3. The average Bonchev–Trinajstić information content (AvgIpc) is 3.04. The molecule has 5 aliphatic rings. The summed E-state index contributed by atoms with van der Waals surface area (Å²) < 4.78 is 10.3. The van der Waals surface area contributed by atoms with Gasteiger partial charge in [-0.15, -0.1) is 0 Å². The van der Waals surface area contributed by atoms with Gasteiger partial charge in [0, 0.05) is 23.1 Å². The Morgan fingerprint density at radius 1 is 0.980 bits per heavy atom. The molecule has 4 N–H and O–H groups in total. The number of hydrogen-bond donors (Lipinski definition) is 4. The largest absolute Gasteiger partial charge is 0.504 e. The van der Waals surface area contributed by atoms with E-state index in [1.807, 2.05) is 6.92 Å². The molecule has 0 heterocycles. The third-order valence-corrected chi connectivity index (χ3v) is 13.7. The number of rotatable bonds is 8. The van der Waals surface area contributed by atoms with Gasteiger partial charge in [-0.05, 0) is 138 Å². The molecule has 3 saturated carbocycles. The van der Waals surface area contributed by atoms with Crippen LogP contribution in [0, 0.1) is 27.6 Å². The summed E-state index contributed by atoms with van der Waals surface area (Å²) in [6.07, 6.45) is 13.9. The van der Waals surface area contributed by atoms with Crippen molar-refractivity contribution in [3.05, 3.63) is 46.3 Å². The molecule has 0 unspecified atom stereocenters. The molecule has 10 heteroatoms. The standard InChI is InChI=1S/C41H61N3O7/c1-25-26-14-15-30-39(7,27(26)23-29(45)32(25)46)19-21-41(9)31-24-38(6,18-16-37(31,5)17-20-40(30,41)8)44-34(48)43-28(33(47)50-10)13-11-12-22-42-35(49)51-36(2,3)4/h14-15,23,28,31,46H,11-13,16-22,24H2,1-10H3,(H,42,49)(H2,43,44,48)/t28-,31+,37+,38+,39-,40+,41-/m0/s1. The number of alkyl carbamates (subject to hydrolysis) is 1. The second-order valence-corrected chi connectivity index (χ2v) is 18.2. The predicted molar refractivity (Wildman–Crippen MR) is 197 cm³/mol. The van der Waals surface area contributed by atoms with Gasteiger partial charge < -0.3 is 30.5 Å². The second kappa shape index (κ2) is 13.4. The molecule has 3 amide bonds. The van der Waals surface area contributed by atoms with Gasteiger partial charge in [-0.3, -0.25) is 4.79 Å². The highest BCUT2D eigenvalue weighted by Gasteiger charge is 2.66. The molecule has 0 aromatic rings. The number of aliphatic hydroxyl groups excluding tert-OH is 1. The molecule has 0 aromatic heterocycles. The van der Waals surface area contributed by atoms with Crippen molar-refractivity contribution in [2.24, 2.45) is 27.6 Å². The molecule has 0 radical (unpaired) electrons. The normalized spacial score (nSPS) is 35.0. The second-order valence-electron chi connectivity index (χ2n) is 18.2. The number of unbranched alkanes of at least 4 members (excludes halogenated alkanes) is 1. The number of urea groups is 1. The van der Waals surface area contributed by atoms with Crippen LogP contribution in [0.4, 0.5) is 9.59 Å². The highest BCUT2D eigenvalue weighted by Crippen LogP contribution is 2.75. The number of methoxy groups -OCH3 is 1. The van der Waals surface area contributed by atoms with E-state index in [-0.39, 0.29) is 39.2 Å². The fraction of sp³-hybridized carbons (Fsp3) is 0.707. The van der Waals surface area contributed by atoms with Gasteiger partial charge in [0.2, 0.25) is 5.78 Å². The summed E-state index contributed by atoms with van der Waals surface area (Å²) in [4.78, 5) is 51.1. The fourth-order valence-corrected chi connectivity index (χ4v) is 10.4. The van der Waals surface area contributed by atoms with E-state index in [1.54, 1.807) is 26.8 Å². The highest BCUT2D eigenvalue weighted by molar-refractivity contribution is 6.06. The van der Waals surface area contributed by atoms with Crippen LogP contribution in [0.25, 0.3) is 0 Å². The lowest BCUT2D eigenvalue weighted by molar-refractivity contribution is -0.152. The Bertz CT molecular complexity index is 1600. The zero-order valence-electron chi connectivity index (χ0n) is 32.6. The van der Waals surface area contributed by atoms with Crippen LogP contribution in [0.2, 0.25) is 0 Å². The number of nitrogens with one attached hydrogen (secondary N) is 3. The van der Waals surface area contributed by atoms with Crippen LogP contribution in [0.15, 0.2) is 46.3 Å². The average molecular weight is 708 g/mol. The van der Waals surface area contributed by atoms with E-state index in [0.29, 0.717) is 37.3 Å². The van der Waals surface area contributed by atoms with Crippen molar-refractivity contribution in [1.29, 1.82) is 0 Å². The SMILES string of the molecule is COC(=O)[C@H](CCCCNC(=O)OC(C)(C)C)NC(=O)N[C@]1(C)CC[C@]2(C)CC[C@]3(C)C4=CC=C5C(=CC(=O)C(O)=C5C)[C@]4(C)CC[C@@]3(C)[C@@H]2C1. The van der Waals surface area contributed by atoms with Gasteiger partial charge in [0.15, 0.2) is 5.76 Å². The summed E-state index contributed by atoms with van der Waals surface area (Å²) in [7, 11) is 1.32. The molecule has 0 spiro atoms. The maximum absolute atomic E-state index is 13.6. The Balaban J connectivity index is 1.29. The Labute approximate surface area is 304 Å². The molecule has 51 heavy (non-hydrogen) atoms. The minimum Gasteiger partial charge on any atom is -0.504 e. The summed E-state index contributed by atoms with van der Waals surface area (Å²) in [5.41, 5.74) is 2.64. The van der Waals surface area contributed by atoms with Crippen LogP contribution in [0.1, 0.15) is 127 Å². The maximum Gasteiger partial charge on any atom is 0.407 e. The van der Waals surface area contributed by atoms with Crippen molar-refractivity contribution < 1.29 is 33.8 Å². The minimum absolute atomic E-state index is 0.0509. The molecule has 5 rings (SSSR count). The van der Waals surface area contributed by atoms with Gasteiger partial charge in [-0.2, -0.15) is 0 Å². The molecule has 10 nitrogen and oxygen atoms in total. The molecule has 282 valence electrons. The van der Waals surface area contributed by atoms with Gasteiger partial charge in [0.25, 0.3) is 0 Å². The number of carbonyl (C=O) groups is 4. The summed E-state index contributed by atoms with van der Waals surface area (Å²) >= 11 is 0. The van der Waals surface area contributed by atoms with Crippen molar-refractivity contribution >= 4 is 23.9 Å². The number of aliphatic hydroxyl groups is 1. The number of esters is 1. The van der Waals surface area contributed by atoms with Crippen LogP contribution in [0.5, 0.6) is 0 Å². The van der Waals surface area contributed by atoms with Gasteiger partial charge in [-0.25, -0.2) is 14.4 Å². The lowest BCUT2D eigenvalue weighted by Gasteiger charge is -2.70. The maximum atomic E-state index is 13.6. The number of ether oxygens (including phenoxy) is 2. The number of ketones is 1. The van der Waals surface area contributed by atoms with Crippen LogP contribution < -0.4 is 16.0 Å². The van der Waals surface area contributed by atoms with E-state index in [2.05, 4.69) is 62.7 Å². The molecular weight excluding hydrogens is 646 g/mol. The van der Waals surface area contributed by atoms with E-state index in [9.17, 15) is 24.3 Å². The Morgan fingerprint density at radius 2 is 1.67 bits per heavy atom. The van der Waals surface area contributed by atoms with E-state index >= 15 is 0 Å². The first-order valence-corrected chi connectivity index (χ1v) is 18.8. The first-order valence-electron chi connectivity index (χ1n) is 18.8. The summed E-state index contributed by atoms with van der Waals surface area (Å²) in [6.45, 7) is 19.4. The van der Waals surface area contributed by atoms with Gasteiger partial charge >= 0.3 is 18.1 Å². The third-order valence-electron chi connectivity index (χ3n) is 13.7. The number of fused-ring (bicyclic) bond motifs is 7. The quantitative estimate of drug-likeness (QED) is 0.148. The fourth-order valence-electron chi connectivity index (χ4n) is 10.4. The highest BCUT2D eigenvalue weighted by atomic mass is 16.6. The van der Waals surface area contributed by atoms with Crippen molar-refractivity contribution in [2.75, 3.05) is 13.7 Å². The molecule has 0 aromatic carbocycles. The van der Waals surface area contributed by atoms with Crippen molar-refractivity contribution in [3.63, 3.8) is 0 Å². The Kier molecular flexibility index (Phi) is 10.2. The Hall–Kier alpha value is -3.56. The molecule has 0 saturated heterocycles. The minimum atomic E-state index is -0.807. The number of hydrogen-bond acceptors (Lipinski definition) is 7. The zero-order valence-corrected chi connectivity index (χ0v) is 32.6. The number of allylic oxidation sites excluding steroid dienone is 7. The summed E-state index contributed by atoms with van der Waals surface area (Å²) in [5, 5.41) is 19.4. The topological polar surface area (TPSA) is 143 Å². The molecule has 0 bridgehead atoms. The smallest absolute Gasteiger partial charge is 0.407 e. The van der Waals surface area contributed by atoms with Crippen LogP contribution >= 0.6 is 0 Å². The van der Waals surface area contributed by atoms with Crippen LogP contribution in [-0.4, -0.2) is 59.8 Å². The molecule has 5 aliphatic carbocycles. The molecule has 7 atom stereocenters. The first kappa shape index (κ1) is 38.7.